The number of thiophene rings is 1. The van der Waals surface area contributed by atoms with Gasteiger partial charge in [-0.05, 0) is 48.6 Å². The normalized spacial score (nSPS) is 23.0. The molecule has 1 unspecified atom stereocenters. The van der Waals surface area contributed by atoms with E-state index in [4.69, 9.17) is 9.31 Å². The molecular formula is C20H21BO2S. The summed E-state index contributed by atoms with van der Waals surface area (Å²) in [5, 5.41) is 3.46. The van der Waals surface area contributed by atoms with E-state index in [-0.39, 0.29) is 18.3 Å². The molecule has 0 radical (unpaired) electrons. The topological polar surface area (TPSA) is 18.5 Å². The van der Waals surface area contributed by atoms with E-state index in [1.54, 1.807) is 11.3 Å². The Morgan fingerprint density at radius 1 is 0.917 bits per heavy atom. The van der Waals surface area contributed by atoms with Crippen LogP contribution in [0.25, 0.3) is 10.1 Å². The van der Waals surface area contributed by atoms with E-state index in [2.05, 4.69) is 62.5 Å². The van der Waals surface area contributed by atoms with Gasteiger partial charge in [-0.15, -0.1) is 11.3 Å². The maximum absolute atomic E-state index is 6.46. The maximum Gasteiger partial charge on any atom is 0.494 e. The molecule has 4 heteroatoms. The fourth-order valence-corrected chi connectivity index (χ4v) is 4.27. The van der Waals surface area contributed by atoms with Crippen molar-refractivity contribution in [3.63, 3.8) is 0 Å². The Morgan fingerprint density at radius 3 is 2.50 bits per heavy atom. The van der Waals surface area contributed by atoms with Crippen molar-refractivity contribution in [3.05, 3.63) is 65.5 Å². The smallest absolute Gasteiger partial charge is 0.399 e. The van der Waals surface area contributed by atoms with E-state index in [0.29, 0.717) is 0 Å². The molecule has 122 valence electrons. The lowest BCUT2D eigenvalue weighted by molar-refractivity contribution is -0.00851. The molecule has 0 saturated carbocycles. The summed E-state index contributed by atoms with van der Waals surface area (Å²) >= 11 is 1.80. The van der Waals surface area contributed by atoms with Crippen LogP contribution in [0, 0.1) is 0 Å². The molecule has 3 aromatic rings. The third-order valence-electron chi connectivity index (χ3n) is 5.20. The molecule has 1 aromatic heterocycles. The van der Waals surface area contributed by atoms with Gasteiger partial charge in [0, 0.05) is 11.1 Å². The third-order valence-corrected chi connectivity index (χ3v) is 6.21. The van der Waals surface area contributed by atoms with Crippen molar-refractivity contribution < 1.29 is 9.31 Å². The van der Waals surface area contributed by atoms with Crippen molar-refractivity contribution in [2.24, 2.45) is 0 Å². The first-order valence-corrected chi connectivity index (χ1v) is 9.22. The van der Waals surface area contributed by atoms with Crippen LogP contribution < -0.4 is 5.46 Å². The minimum absolute atomic E-state index is 0.311. The number of rotatable bonds is 3. The lowest BCUT2D eigenvalue weighted by Gasteiger charge is -2.36. The molecule has 4 rings (SSSR count). The van der Waals surface area contributed by atoms with E-state index in [1.165, 1.54) is 15.6 Å². The minimum Gasteiger partial charge on any atom is -0.399 e. The third kappa shape index (κ3) is 2.59. The molecule has 0 aliphatic carbocycles. The summed E-state index contributed by atoms with van der Waals surface area (Å²) in [5.41, 5.74) is 1.65. The lowest BCUT2D eigenvalue weighted by atomic mass is 9.79. The average Bonchev–Trinajstić information content (AvgIpc) is 3.12. The molecule has 0 spiro atoms. The van der Waals surface area contributed by atoms with E-state index in [1.807, 2.05) is 18.2 Å². The van der Waals surface area contributed by atoms with E-state index in [9.17, 15) is 0 Å². The molecule has 2 aromatic carbocycles. The second kappa shape index (κ2) is 5.73. The summed E-state index contributed by atoms with van der Waals surface area (Å²) < 4.78 is 14.1. The highest BCUT2D eigenvalue weighted by molar-refractivity contribution is 7.17. The van der Waals surface area contributed by atoms with Gasteiger partial charge in [0.2, 0.25) is 0 Å². The van der Waals surface area contributed by atoms with Crippen molar-refractivity contribution >= 4 is 34.0 Å². The zero-order valence-corrected chi connectivity index (χ0v) is 15.1. The Labute approximate surface area is 147 Å². The molecule has 1 aliphatic rings. The minimum atomic E-state index is -0.383. The van der Waals surface area contributed by atoms with E-state index >= 15 is 0 Å². The quantitative estimate of drug-likeness (QED) is 0.659. The molecule has 2 heterocycles. The molecule has 24 heavy (non-hydrogen) atoms. The molecule has 0 bridgehead atoms. The van der Waals surface area contributed by atoms with Crippen LogP contribution in [0.5, 0.6) is 0 Å². The standard InChI is InChI=1S/C20H21BO2S/c1-19(2)20(3,23-21(22-19)17-10-5-4-6-11-17)14-16-9-7-8-15-12-13-24-18(15)16/h4-13H,14H2,1-3H3. The van der Waals surface area contributed by atoms with Gasteiger partial charge in [0.1, 0.15) is 0 Å². The van der Waals surface area contributed by atoms with E-state index < -0.39 is 0 Å². The summed E-state index contributed by atoms with van der Waals surface area (Å²) in [4.78, 5) is 0. The Hall–Kier alpha value is -1.62. The molecular weight excluding hydrogens is 315 g/mol. The number of fused-ring (bicyclic) bond motifs is 1. The van der Waals surface area contributed by atoms with Gasteiger partial charge >= 0.3 is 7.12 Å². The zero-order chi connectivity index (χ0) is 16.8. The molecule has 2 nitrogen and oxygen atoms in total. The molecule has 1 saturated heterocycles. The van der Waals surface area contributed by atoms with Gasteiger partial charge in [0.05, 0.1) is 11.2 Å². The van der Waals surface area contributed by atoms with Crippen molar-refractivity contribution in [2.45, 2.75) is 38.4 Å². The van der Waals surface area contributed by atoms with E-state index in [0.717, 1.165) is 11.9 Å². The van der Waals surface area contributed by atoms with Gasteiger partial charge in [-0.1, -0.05) is 48.5 Å². The van der Waals surface area contributed by atoms with Crippen molar-refractivity contribution in [2.75, 3.05) is 0 Å². The number of hydrogen-bond acceptors (Lipinski definition) is 3. The highest BCUT2D eigenvalue weighted by Crippen LogP contribution is 2.41. The van der Waals surface area contributed by atoms with Crippen LogP contribution in [0.2, 0.25) is 0 Å². The van der Waals surface area contributed by atoms with Crippen LogP contribution in [0.3, 0.4) is 0 Å². The average molecular weight is 336 g/mol. The highest BCUT2D eigenvalue weighted by Gasteiger charge is 2.54. The van der Waals surface area contributed by atoms with Crippen LogP contribution in [0.15, 0.2) is 60.0 Å². The Balaban J connectivity index is 1.67. The predicted octanol–water partition coefficient (Wildman–Crippen LogP) is 4.42. The van der Waals surface area contributed by atoms with Crippen molar-refractivity contribution in [3.8, 4) is 0 Å². The Morgan fingerprint density at radius 2 is 1.71 bits per heavy atom. The second-order valence-electron chi connectivity index (χ2n) is 7.15. The van der Waals surface area contributed by atoms with Crippen molar-refractivity contribution in [1.29, 1.82) is 0 Å². The molecule has 1 atom stereocenters. The second-order valence-corrected chi connectivity index (χ2v) is 8.07. The largest absolute Gasteiger partial charge is 0.494 e. The van der Waals surface area contributed by atoms with Crippen LogP contribution in [0.1, 0.15) is 26.3 Å². The lowest BCUT2D eigenvalue weighted by Crippen LogP contribution is -2.46. The fourth-order valence-electron chi connectivity index (χ4n) is 3.35. The van der Waals surface area contributed by atoms with Gasteiger partial charge in [-0.2, -0.15) is 0 Å². The van der Waals surface area contributed by atoms with Crippen LogP contribution >= 0.6 is 11.3 Å². The Kier molecular flexibility index (Phi) is 3.79. The summed E-state index contributed by atoms with van der Waals surface area (Å²) in [6.07, 6.45) is 0.835. The molecule has 0 amide bonds. The molecule has 1 aliphatic heterocycles. The van der Waals surface area contributed by atoms with Crippen LogP contribution in [-0.2, 0) is 15.7 Å². The first kappa shape index (κ1) is 15.9. The monoisotopic (exact) mass is 336 g/mol. The fraction of sp³-hybridized carbons (Fsp3) is 0.300. The molecule has 1 fully saturated rings. The van der Waals surface area contributed by atoms with Crippen LogP contribution in [0.4, 0.5) is 0 Å². The van der Waals surface area contributed by atoms with Gasteiger partial charge in [-0.25, -0.2) is 0 Å². The van der Waals surface area contributed by atoms with Gasteiger partial charge < -0.3 is 9.31 Å². The van der Waals surface area contributed by atoms with Gasteiger partial charge in [0.25, 0.3) is 0 Å². The predicted molar refractivity (Wildman–Crippen MR) is 102 cm³/mol. The summed E-state index contributed by atoms with van der Waals surface area (Å²) in [6.45, 7) is 6.43. The summed E-state index contributed by atoms with van der Waals surface area (Å²) in [5.74, 6) is 0. The number of hydrogen-bond donors (Lipinski definition) is 0. The number of benzene rings is 2. The highest BCUT2D eigenvalue weighted by atomic mass is 32.1. The first-order valence-electron chi connectivity index (χ1n) is 8.34. The maximum atomic E-state index is 6.46. The zero-order valence-electron chi connectivity index (χ0n) is 14.3. The first-order chi connectivity index (χ1) is 11.5. The van der Waals surface area contributed by atoms with Crippen LogP contribution in [-0.4, -0.2) is 18.3 Å². The summed E-state index contributed by atoms with van der Waals surface area (Å²) in [7, 11) is -0.311. The van der Waals surface area contributed by atoms with Gasteiger partial charge in [-0.3, -0.25) is 0 Å². The SMILES string of the molecule is CC1(C)OB(c2ccccc2)OC1(C)Cc1cccc2ccsc12. The summed E-state index contributed by atoms with van der Waals surface area (Å²) in [6, 6.07) is 18.9. The van der Waals surface area contributed by atoms with Crippen molar-refractivity contribution in [1.82, 2.24) is 0 Å². The molecule has 0 N–H and O–H groups in total. The van der Waals surface area contributed by atoms with Gasteiger partial charge in [0.15, 0.2) is 0 Å². The Bertz CT molecular complexity index is 858.